The van der Waals surface area contributed by atoms with E-state index in [4.69, 9.17) is 27.9 Å². The van der Waals surface area contributed by atoms with Crippen molar-refractivity contribution in [1.82, 2.24) is 20.3 Å². The van der Waals surface area contributed by atoms with Crippen molar-refractivity contribution in [1.29, 1.82) is 0 Å². The van der Waals surface area contributed by atoms with E-state index in [1.165, 1.54) is 17.5 Å². The lowest BCUT2D eigenvalue weighted by Gasteiger charge is -2.16. The van der Waals surface area contributed by atoms with Gasteiger partial charge in [-0.25, -0.2) is 15.0 Å². The highest BCUT2D eigenvalue weighted by Crippen LogP contribution is 2.37. The Morgan fingerprint density at radius 1 is 1.24 bits per heavy atom. The van der Waals surface area contributed by atoms with Gasteiger partial charge >= 0.3 is 0 Å². The third-order valence-corrected chi connectivity index (χ3v) is 6.65. The predicted octanol–water partition coefficient (Wildman–Crippen LogP) is 5.93. The molecule has 1 aromatic carbocycles. The largest absolute Gasteiger partial charge is 0.493 e. The lowest BCUT2D eigenvalue weighted by Crippen LogP contribution is -2.27. The van der Waals surface area contributed by atoms with Crippen LogP contribution in [0.5, 0.6) is 11.6 Å². The average molecular weight is 517 g/mol. The number of halogens is 2. The van der Waals surface area contributed by atoms with E-state index < -0.39 is 0 Å². The van der Waals surface area contributed by atoms with Crippen LogP contribution in [0.15, 0.2) is 36.0 Å². The van der Waals surface area contributed by atoms with Crippen molar-refractivity contribution in [3.8, 4) is 22.9 Å². The number of aromatic hydroxyl groups is 1. The number of pyridine rings is 2. The van der Waals surface area contributed by atoms with Crippen molar-refractivity contribution < 1.29 is 14.6 Å². The molecule has 0 aliphatic heterocycles. The van der Waals surface area contributed by atoms with Crippen LogP contribution in [0.25, 0.3) is 22.2 Å². The standard InChI is InChI=1S/C24H22Cl2N4O3S/c1-12(2)23(31)27-8-16-17(18(25)9-28-24(16)32)10-33-19-6-4-5-14-15(7-13(3)30-20(14)19)21-22(26)34-11-29-21/h4-7,9,11-12H,8,10H2,1-3H3,(H,27,31)(H,28,32). The van der Waals surface area contributed by atoms with Crippen molar-refractivity contribution in [3.05, 3.63) is 62.2 Å². The molecule has 0 fully saturated rings. The van der Waals surface area contributed by atoms with Gasteiger partial charge < -0.3 is 15.2 Å². The molecule has 7 nitrogen and oxygen atoms in total. The number of hydrogen-bond donors (Lipinski definition) is 2. The second-order valence-electron chi connectivity index (χ2n) is 7.99. The first-order valence-electron chi connectivity index (χ1n) is 10.5. The molecular weight excluding hydrogens is 495 g/mol. The molecule has 0 aliphatic carbocycles. The van der Waals surface area contributed by atoms with Crippen molar-refractivity contribution in [2.75, 3.05) is 0 Å². The lowest BCUT2D eigenvalue weighted by molar-refractivity contribution is -0.124. The molecule has 176 valence electrons. The van der Waals surface area contributed by atoms with E-state index >= 15 is 0 Å². The molecule has 3 heterocycles. The zero-order chi connectivity index (χ0) is 24.4. The number of para-hydroxylation sites is 1. The second-order valence-corrected chi connectivity index (χ2v) is 9.85. The quantitative estimate of drug-likeness (QED) is 0.316. The van der Waals surface area contributed by atoms with Crippen LogP contribution in [-0.4, -0.2) is 26.0 Å². The maximum absolute atomic E-state index is 12.0. The summed E-state index contributed by atoms with van der Waals surface area (Å²) in [5, 5.41) is 14.3. The molecule has 4 rings (SSSR count). The number of benzene rings is 1. The molecule has 4 aromatic rings. The molecule has 0 aliphatic rings. The summed E-state index contributed by atoms with van der Waals surface area (Å²) >= 11 is 14.1. The van der Waals surface area contributed by atoms with Crippen LogP contribution < -0.4 is 10.1 Å². The first-order chi connectivity index (χ1) is 16.3. The van der Waals surface area contributed by atoms with Crippen LogP contribution in [0.4, 0.5) is 0 Å². The summed E-state index contributed by atoms with van der Waals surface area (Å²) in [6, 6.07) is 7.57. The van der Waals surface area contributed by atoms with E-state index in [1.54, 1.807) is 19.4 Å². The summed E-state index contributed by atoms with van der Waals surface area (Å²) in [7, 11) is 0. The van der Waals surface area contributed by atoms with Crippen molar-refractivity contribution >= 4 is 51.3 Å². The van der Waals surface area contributed by atoms with E-state index in [2.05, 4.69) is 20.3 Å². The van der Waals surface area contributed by atoms with Crippen LogP contribution >= 0.6 is 34.5 Å². The summed E-state index contributed by atoms with van der Waals surface area (Å²) in [5.74, 6) is -0.00894. The zero-order valence-corrected chi connectivity index (χ0v) is 21.1. The number of aromatic nitrogens is 3. The van der Waals surface area contributed by atoms with Crippen molar-refractivity contribution in [2.24, 2.45) is 5.92 Å². The Kier molecular flexibility index (Phi) is 7.21. The number of thiazole rings is 1. The summed E-state index contributed by atoms with van der Waals surface area (Å²) in [6.07, 6.45) is 1.36. The van der Waals surface area contributed by atoms with Gasteiger partial charge in [0, 0.05) is 46.4 Å². The Labute approximate surface area is 210 Å². The van der Waals surface area contributed by atoms with Crippen LogP contribution in [-0.2, 0) is 17.9 Å². The third-order valence-electron chi connectivity index (χ3n) is 5.27. The highest BCUT2D eigenvalue weighted by molar-refractivity contribution is 7.14. The average Bonchev–Trinajstić information content (AvgIpc) is 3.23. The van der Waals surface area contributed by atoms with Crippen molar-refractivity contribution in [3.63, 3.8) is 0 Å². The van der Waals surface area contributed by atoms with E-state index in [0.717, 1.165) is 16.6 Å². The molecule has 34 heavy (non-hydrogen) atoms. The molecular formula is C24H22Cl2N4O3S. The Morgan fingerprint density at radius 2 is 2.03 bits per heavy atom. The summed E-state index contributed by atoms with van der Waals surface area (Å²) in [4.78, 5) is 25.0. The molecule has 0 radical (unpaired) electrons. The van der Waals surface area contributed by atoms with E-state index in [-0.39, 0.29) is 30.9 Å². The molecule has 0 atom stereocenters. The summed E-state index contributed by atoms with van der Waals surface area (Å²) in [6.45, 7) is 5.60. The fourth-order valence-corrected chi connectivity index (χ4v) is 4.51. The van der Waals surface area contributed by atoms with Gasteiger partial charge in [-0.2, -0.15) is 0 Å². The second kappa shape index (κ2) is 10.1. The van der Waals surface area contributed by atoms with E-state index in [0.29, 0.717) is 37.4 Å². The first kappa shape index (κ1) is 24.2. The van der Waals surface area contributed by atoms with Gasteiger partial charge in [0.2, 0.25) is 11.8 Å². The smallest absolute Gasteiger partial charge is 0.222 e. The number of ether oxygens (including phenoxy) is 1. The van der Waals surface area contributed by atoms with Crippen LogP contribution in [0.2, 0.25) is 9.36 Å². The van der Waals surface area contributed by atoms with Gasteiger partial charge in [0.1, 0.15) is 27.9 Å². The normalized spacial score (nSPS) is 11.2. The van der Waals surface area contributed by atoms with E-state index in [1.807, 2.05) is 31.2 Å². The molecule has 1 amide bonds. The number of hydrogen-bond acceptors (Lipinski definition) is 7. The fourth-order valence-electron chi connectivity index (χ4n) is 3.49. The fraction of sp³-hybridized carbons (Fsp3) is 0.250. The number of carbonyl (C=O) groups excluding carboxylic acids is 1. The Morgan fingerprint density at radius 3 is 2.74 bits per heavy atom. The molecule has 0 bridgehead atoms. The highest BCUT2D eigenvalue weighted by Gasteiger charge is 2.18. The van der Waals surface area contributed by atoms with Gasteiger partial charge in [0.05, 0.1) is 10.5 Å². The van der Waals surface area contributed by atoms with Gasteiger partial charge in [0.25, 0.3) is 0 Å². The molecule has 0 unspecified atom stereocenters. The van der Waals surface area contributed by atoms with Crippen LogP contribution in [0.1, 0.15) is 30.7 Å². The van der Waals surface area contributed by atoms with Crippen molar-refractivity contribution in [2.45, 2.75) is 33.9 Å². The number of nitrogens with one attached hydrogen (secondary N) is 1. The minimum atomic E-state index is -0.209. The molecule has 3 aromatic heterocycles. The number of carbonyl (C=O) groups is 1. The first-order valence-corrected chi connectivity index (χ1v) is 12.1. The van der Waals surface area contributed by atoms with Gasteiger partial charge in [0.15, 0.2) is 0 Å². The molecule has 0 spiro atoms. The number of fused-ring (bicyclic) bond motifs is 1. The van der Waals surface area contributed by atoms with Gasteiger partial charge in [-0.1, -0.05) is 49.2 Å². The Bertz CT molecular complexity index is 1370. The third kappa shape index (κ3) is 4.94. The van der Waals surface area contributed by atoms with E-state index in [9.17, 15) is 9.90 Å². The lowest BCUT2D eigenvalue weighted by atomic mass is 10.0. The number of nitrogens with zero attached hydrogens (tertiary/aromatic N) is 3. The van der Waals surface area contributed by atoms with Crippen LogP contribution in [0.3, 0.4) is 0 Å². The highest BCUT2D eigenvalue weighted by atomic mass is 35.5. The minimum Gasteiger partial charge on any atom is -0.493 e. The molecule has 10 heteroatoms. The SMILES string of the molecule is Cc1cc(-c2ncsc2Cl)c2cccc(OCc3c(Cl)cnc(O)c3CNC(=O)C(C)C)c2n1. The molecule has 2 N–H and O–H groups in total. The number of rotatable bonds is 7. The maximum atomic E-state index is 12.0. The predicted molar refractivity (Wildman–Crippen MR) is 135 cm³/mol. The maximum Gasteiger partial charge on any atom is 0.222 e. The number of aryl methyl sites for hydroxylation is 1. The Hall–Kier alpha value is -2.94. The van der Waals surface area contributed by atoms with Crippen LogP contribution in [0, 0.1) is 12.8 Å². The summed E-state index contributed by atoms with van der Waals surface area (Å²) < 4.78 is 6.75. The summed E-state index contributed by atoms with van der Waals surface area (Å²) in [5.41, 5.74) is 5.66. The monoisotopic (exact) mass is 516 g/mol. The zero-order valence-electron chi connectivity index (χ0n) is 18.7. The number of amides is 1. The van der Waals surface area contributed by atoms with Gasteiger partial charge in [-0.05, 0) is 19.1 Å². The molecule has 0 saturated heterocycles. The van der Waals surface area contributed by atoms with Gasteiger partial charge in [-0.15, -0.1) is 11.3 Å². The van der Waals surface area contributed by atoms with Gasteiger partial charge in [-0.3, -0.25) is 4.79 Å². The Balaban J connectivity index is 1.69. The molecule has 0 saturated carbocycles. The topological polar surface area (TPSA) is 97.2 Å². The minimum absolute atomic E-state index is 0.0450.